The highest BCUT2D eigenvalue weighted by molar-refractivity contribution is 6.11. The molecule has 13 heavy (non-hydrogen) atoms. The summed E-state index contributed by atoms with van der Waals surface area (Å²) in [5.41, 5.74) is 0. The summed E-state index contributed by atoms with van der Waals surface area (Å²) in [5, 5.41) is 10.7. The Balaban J connectivity index is 2.66. The molecule has 1 unspecified atom stereocenters. The molecule has 7 heteroatoms. The van der Waals surface area contributed by atoms with Crippen LogP contribution in [0.15, 0.2) is 15.3 Å². The predicted molar refractivity (Wildman–Crippen MR) is 44.4 cm³/mol. The lowest BCUT2D eigenvalue weighted by molar-refractivity contribution is -0.120. The minimum Gasteiger partial charge on any atom is -0.285 e. The molecule has 0 aliphatic carbocycles. The van der Waals surface area contributed by atoms with Crippen LogP contribution in [0.1, 0.15) is 0 Å². The second-order valence-electron chi connectivity index (χ2n) is 2.57. The van der Waals surface area contributed by atoms with E-state index in [1.54, 1.807) is 14.1 Å². The highest BCUT2D eigenvalue weighted by Crippen LogP contribution is 1.96. The SMILES string of the molecule is CN(C)N=NC1C=NC(=O)NC1=O. The van der Waals surface area contributed by atoms with E-state index in [2.05, 4.69) is 15.3 Å². The number of imide groups is 1. The molecule has 1 aliphatic rings. The van der Waals surface area contributed by atoms with Gasteiger partial charge in [0.05, 0.1) is 0 Å². The maximum absolute atomic E-state index is 11.0. The van der Waals surface area contributed by atoms with Crippen LogP contribution in [0.2, 0.25) is 0 Å². The molecule has 0 fully saturated rings. The Hall–Kier alpha value is -1.79. The van der Waals surface area contributed by atoms with Crippen LogP contribution in [0.25, 0.3) is 0 Å². The normalized spacial score (nSPS) is 22.2. The van der Waals surface area contributed by atoms with Crippen molar-refractivity contribution in [2.45, 2.75) is 6.04 Å². The van der Waals surface area contributed by atoms with Gasteiger partial charge in [0, 0.05) is 20.3 Å². The summed E-state index contributed by atoms with van der Waals surface area (Å²) in [5.74, 6) is -0.509. The van der Waals surface area contributed by atoms with Crippen LogP contribution < -0.4 is 5.32 Å². The first-order valence-electron chi connectivity index (χ1n) is 3.56. The molecule has 1 N–H and O–H groups in total. The molecule has 0 radical (unpaired) electrons. The Morgan fingerprint density at radius 1 is 1.54 bits per heavy atom. The molecule has 0 saturated carbocycles. The minimum absolute atomic E-state index is 0.509. The number of carbonyl (C=O) groups is 2. The highest BCUT2D eigenvalue weighted by Gasteiger charge is 2.22. The van der Waals surface area contributed by atoms with Gasteiger partial charge < -0.3 is 0 Å². The lowest BCUT2D eigenvalue weighted by Gasteiger charge is -2.10. The molecule has 0 bridgehead atoms. The van der Waals surface area contributed by atoms with Crippen LogP contribution in [0, 0.1) is 0 Å². The summed E-state index contributed by atoms with van der Waals surface area (Å²) in [7, 11) is 3.35. The van der Waals surface area contributed by atoms with Crippen molar-refractivity contribution in [2.75, 3.05) is 14.1 Å². The van der Waals surface area contributed by atoms with E-state index >= 15 is 0 Å². The van der Waals surface area contributed by atoms with Gasteiger partial charge in [0.2, 0.25) is 0 Å². The number of nitrogens with one attached hydrogen (secondary N) is 1. The lowest BCUT2D eigenvalue weighted by Crippen LogP contribution is -2.41. The molecule has 7 nitrogen and oxygen atoms in total. The van der Waals surface area contributed by atoms with Crippen molar-refractivity contribution in [1.82, 2.24) is 10.3 Å². The summed E-state index contributed by atoms with van der Waals surface area (Å²) in [4.78, 5) is 24.9. The van der Waals surface area contributed by atoms with Gasteiger partial charge in [-0.15, -0.1) is 0 Å². The molecule has 0 spiro atoms. The van der Waals surface area contributed by atoms with Gasteiger partial charge in [0.15, 0.2) is 6.04 Å². The number of hydrogen-bond donors (Lipinski definition) is 1. The van der Waals surface area contributed by atoms with E-state index < -0.39 is 18.0 Å². The van der Waals surface area contributed by atoms with Gasteiger partial charge >= 0.3 is 6.03 Å². The average Bonchev–Trinajstić information content (AvgIpc) is 2.02. The van der Waals surface area contributed by atoms with Crippen LogP contribution >= 0.6 is 0 Å². The first-order valence-corrected chi connectivity index (χ1v) is 3.56. The average molecular weight is 183 g/mol. The lowest BCUT2D eigenvalue weighted by atomic mass is 10.3. The van der Waals surface area contributed by atoms with Gasteiger partial charge in [-0.1, -0.05) is 5.22 Å². The standard InChI is InChI=1S/C6H9N5O2/c1-11(2)10-9-4-3-7-6(13)8-5(4)12/h3-4H,1-2H3,(H,8,12,13). The molecule has 0 aromatic heterocycles. The summed E-state index contributed by atoms with van der Waals surface area (Å²) < 4.78 is 0. The van der Waals surface area contributed by atoms with Crippen LogP contribution in [0.5, 0.6) is 0 Å². The van der Waals surface area contributed by atoms with Gasteiger partial charge in [-0.25, -0.2) is 9.79 Å². The second-order valence-corrected chi connectivity index (χ2v) is 2.57. The molecule has 70 valence electrons. The zero-order valence-electron chi connectivity index (χ0n) is 7.26. The van der Waals surface area contributed by atoms with E-state index in [-0.39, 0.29) is 0 Å². The van der Waals surface area contributed by atoms with Gasteiger partial charge in [-0.3, -0.25) is 15.1 Å². The minimum atomic E-state index is -0.805. The number of carbonyl (C=O) groups excluding carboxylic acids is 2. The Labute approximate surface area is 74.5 Å². The molecule has 1 heterocycles. The van der Waals surface area contributed by atoms with Crippen molar-refractivity contribution >= 4 is 18.2 Å². The van der Waals surface area contributed by atoms with Gasteiger partial charge in [-0.05, 0) is 0 Å². The third-order valence-corrected chi connectivity index (χ3v) is 1.19. The summed E-state index contributed by atoms with van der Waals surface area (Å²) in [6.45, 7) is 0. The molecular formula is C6H9N5O2. The number of amides is 3. The van der Waals surface area contributed by atoms with Crippen molar-refractivity contribution in [3.05, 3.63) is 0 Å². The van der Waals surface area contributed by atoms with Gasteiger partial charge in [-0.2, -0.15) is 5.11 Å². The molecule has 0 aromatic carbocycles. The third kappa shape index (κ3) is 2.62. The Kier molecular flexibility index (Phi) is 2.68. The van der Waals surface area contributed by atoms with E-state index in [4.69, 9.17) is 0 Å². The maximum atomic E-state index is 11.0. The fourth-order valence-corrected chi connectivity index (χ4v) is 0.659. The third-order valence-electron chi connectivity index (χ3n) is 1.19. The van der Waals surface area contributed by atoms with Gasteiger partial charge in [0.1, 0.15) is 0 Å². The first kappa shape index (κ1) is 9.30. The Morgan fingerprint density at radius 2 is 2.23 bits per heavy atom. The molecule has 0 aromatic rings. The topological polar surface area (TPSA) is 86.5 Å². The number of aliphatic imine (C=N–C) groups is 1. The summed E-state index contributed by atoms with van der Waals surface area (Å²) in [6.07, 6.45) is 1.16. The quantitative estimate of drug-likeness (QED) is 0.467. The number of rotatable bonds is 2. The molecular weight excluding hydrogens is 174 g/mol. The van der Waals surface area contributed by atoms with Crippen LogP contribution in [0.3, 0.4) is 0 Å². The molecule has 1 aliphatic heterocycles. The van der Waals surface area contributed by atoms with E-state index in [1.165, 1.54) is 5.01 Å². The zero-order chi connectivity index (χ0) is 9.84. The van der Waals surface area contributed by atoms with Crippen molar-refractivity contribution in [3.8, 4) is 0 Å². The van der Waals surface area contributed by atoms with E-state index in [9.17, 15) is 9.59 Å². The predicted octanol–water partition coefficient (Wildman–Crippen LogP) is -0.396. The van der Waals surface area contributed by atoms with Gasteiger partial charge in [0.25, 0.3) is 5.91 Å². The fourth-order valence-electron chi connectivity index (χ4n) is 0.659. The largest absolute Gasteiger partial charge is 0.347 e. The summed E-state index contributed by atoms with van der Waals surface area (Å²) >= 11 is 0. The van der Waals surface area contributed by atoms with Crippen molar-refractivity contribution < 1.29 is 9.59 Å². The Bertz CT molecular complexity index is 283. The van der Waals surface area contributed by atoms with Crippen molar-refractivity contribution in [2.24, 2.45) is 15.3 Å². The fraction of sp³-hybridized carbons (Fsp3) is 0.500. The summed E-state index contributed by atoms with van der Waals surface area (Å²) in [6, 6.07) is -1.47. The van der Waals surface area contributed by atoms with Crippen molar-refractivity contribution in [3.63, 3.8) is 0 Å². The zero-order valence-corrected chi connectivity index (χ0v) is 7.26. The second kappa shape index (κ2) is 3.74. The van der Waals surface area contributed by atoms with Crippen LogP contribution in [-0.2, 0) is 4.79 Å². The van der Waals surface area contributed by atoms with Crippen LogP contribution in [-0.4, -0.2) is 43.3 Å². The highest BCUT2D eigenvalue weighted by atomic mass is 16.2. The number of hydrogen-bond acceptors (Lipinski definition) is 4. The van der Waals surface area contributed by atoms with E-state index in [0.717, 1.165) is 6.21 Å². The molecule has 0 saturated heterocycles. The smallest absolute Gasteiger partial charge is 0.285 e. The monoisotopic (exact) mass is 183 g/mol. The molecule has 3 amide bonds. The number of urea groups is 1. The Morgan fingerprint density at radius 3 is 2.77 bits per heavy atom. The van der Waals surface area contributed by atoms with Crippen LogP contribution in [0.4, 0.5) is 4.79 Å². The number of nitrogens with zero attached hydrogens (tertiary/aromatic N) is 4. The van der Waals surface area contributed by atoms with E-state index in [0.29, 0.717) is 0 Å². The van der Waals surface area contributed by atoms with E-state index in [1.807, 2.05) is 5.32 Å². The molecule has 1 rings (SSSR count). The first-order chi connectivity index (χ1) is 6.09. The maximum Gasteiger partial charge on any atom is 0.347 e. The van der Waals surface area contributed by atoms with Crippen molar-refractivity contribution in [1.29, 1.82) is 0 Å². The molecule has 1 atom stereocenters.